The molecule has 0 fully saturated rings. The quantitative estimate of drug-likeness (QED) is 0.852. The summed E-state index contributed by atoms with van der Waals surface area (Å²) in [5.41, 5.74) is 6.00. The Bertz CT molecular complexity index is 685. The molecule has 0 spiro atoms. The number of fused-ring (bicyclic) bond motifs is 1. The van der Waals surface area contributed by atoms with Crippen LogP contribution in [0.1, 0.15) is 18.9 Å². The summed E-state index contributed by atoms with van der Waals surface area (Å²) in [5, 5.41) is 9.40. The number of aryl methyl sites for hydroxylation is 1. The lowest BCUT2D eigenvalue weighted by molar-refractivity contribution is -0.143. The van der Waals surface area contributed by atoms with Gasteiger partial charge in [0.2, 0.25) is 0 Å². The van der Waals surface area contributed by atoms with E-state index in [0.29, 0.717) is 23.1 Å². The molecule has 1 aromatic carbocycles. The van der Waals surface area contributed by atoms with Crippen LogP contribution >= 0.6 is 0 Å². The second-order valence-corrected chi connectivity index (χ2v) is 4.79. The lowest BCUT2D eigenvalue weighted by Gasteiger charge is -2.24. The highest BCUT2D eigenvalue weighted by Crippen LogP contribution is 2.29. The number of oxazole rings is 1. The zero-order chi connectivity index (χ0) is 14.2. The van der Waals surface area contributed by atoms with E-state index in [1.54, 1.807) is 32.2 Å². The number of rotatable bonds is 4. The van der Waals surface area contributed by atoms with Gasteiger partial charge in [-0.2, -0.15) is 0 Å². The topological polar surface area (TPSA) is 98.5 Å². The molecule has 6 nitrogen and oxygen atoms in total. The summed E-state index contributed by atoms with van der Waals surface area (Å²) >= 11 is 0. The van der Waals surface area contributed by atoms with E-state index in [1.165, 1.54) is 4.57 Å². The minimum Gasteiger partial charge on any atom is -0.481 e. The van der Waals surface area contributed by atoms with Crippen LogP contribution < -0.4 is 11.5 Å². The maximum Gasteiger partial charge on any atom is 0.419 e. The van der Waals surface area contributed by atoms with Crippen LogP contribution in [0.4, 0.5) is 0 Å². The lowest BCUT2D eigenvalue weighted by atomic mass is 9.79. The summed E-state index contributed by atoms with van der Waals surface area (Å²) in [6.07, 6.45) is 0.310. The third-order valence-electron chi connectivity index (χ3n) is 3.55. The van der Waals surface area contributed by atoms with Crippen molar-refractivity contribution in [1.29, 1.82) is 0 Å². The molecule has 0 aliphatic carbocycles. The third kappa shape index (κ3) is 2.04. The highest BCUT2D eigenvalue weighted by Gasteiger charge is 2.34. The average molecular weight is 264 g/mol. The molecule has 3 N–H and O–H groups in total. The van der Waals surface area contributed by atoms with Crippen molar-refractivity contribution in [1.82, 2.24) is 4.57 Å². The van der Waals surface area contributed by atoms with Gasteiger partial charge in [0.1, 0.15) is 0 Å². The van der Waals surface area contributed by atoms with E-state index in [0.717, 1.165) is 0 Å². The van der Waals surface area contributed by atoms with Crippen LogP contribution in [0.2, 0.25) is 0 Å². The fourth-order valence-corrected chi connectivity index (χ4v) is 2.14. The van der Waals surface area contributed by atoms with Gasteiger partial charge in [-0.25, -0.2) is 4.79 Å². The molecule has 0 radical (unpaired) electrons. The molecule has 1 aromatic heterocycles. The molecule has 0 aliphatic rings. The molecule has 0 saturated carbocycles. The number of carboxylic acid groups (broad SMARTS) is 1. The maximum atomic E-state index is 11.5. The standard InChI is InChI=1S/C13H16N2O4/c1-13(5-6-14,11(16)17)8-3-4-9-10(7-8)19-12(18)15(9)2/h3-4,7H,5-6,14H2,1-2H3,(H,16,17). The summed E-state index contributed by atoms with van der Waals surface area (Å²) in [6.45, 7) is 1.88. The van der Waals surface area contributed by atoms with Gasteiger partial charge in [0.15, 0.2) is 5.58 Å². The predicted octanol–water partition coefficient (Wildman–Crippen LogP) is 0.823. The first kappa shape index (κ1) is 13.4. The van der Waals surface area contributed by atoms with Crippen LogP contribution in [0.25, 0.3) is 11.1 Å². The Labute approximate surface area is 109 Å². The number of nitrogens with zero attached hydrogens (tertiary/aromatic N) is 1. The van der Waals surface area contributed by atoms with Gasteiger partial charge in [-0.1, -0.05) is 6.07 Å². The first-order valence-electron chi connectivity index (χ1n) is 5.93. The Balaban J connectivity index is 2.62. The third-order valence-corrected chi connectivity index (χ3v) is 3.55. The largest absolute Gasteiger partial charge is 0.481 e. The van der Waals surface area contributed by atoms with Gasteiger partial charge in [0, 0.05) is 7.05 Å². The predicted molar refractivity (Wildman–Crippen MR) is 70.1 cm³/mol. The molecule has 2 rings (SSSR count). The highest BCUT2D eigenvalue weighted by atomic mass is 16.4. The maximum absolute atomic E-state index is 11.5. The van der Waals surface area contributed by atoms with E-state index >= 15 is 0 Å². The summed E-state index contributed by atoms with van der Waals surface area (Å²) < 4.78 is 6.45. The average Bonchev–Trinajstić information content (AvgIpc) is 2.64. The minimum absolute atomic E-state index is 0.263. The monoisotopic (exact) mass is 264 g/mol. The molecule has 102 valence electrons. The first-order valence-corrected chi connectivity index (χ1v) is 5.93. The van der Waals surface area contributed by atoms with E-state index in [2.05, 4.69) is 0 Å². The molecule has 0 bridgehead atoms. The summed E-state index contributed by atoms with van der Waals surface area (Å²) in [6, 6.07) is 4.98. The van der Waals surface area contributed by atoms with Crippen LogP contribution in [0.15, 0.2) is 27.4 Å². The molecule has 0 amide bonds. The number of aliphatic carboxylic acids is 1. The Morgan fingerprint density at radius 3 is 2.79 bits per heavy atom. The zero-order valence-electron chi connectivity index (χ0n) is 10.8. The molecule has 6 heteroatoms. The van der Waals surface area contributed by atoms with Gasteiger partial charge in [-0.3, -0.25) is 9.36 Å². The Kier molecular flexibility index (Phi) is 3.20. The van der Waals surface area contributed by atoms with Crippen molar-refractivity contribution >= 4 is 17.1 Å². The van der Waals surface area contributed by atoms with Crippen molar-refractivity contribution < 1.29 is 14.3 Å². The fraction of sp³-hybridized carbons (Fsp3) is 0.385. The molecule has 0 aliphatic heterocycles. The number of nitrogens with two attached hydrogens (primary N) is 1. The molecule has 1 heterocycles. The van der Waals surface area contributed by atoms with Crippen molar-refractivity contribution in [2.75, 3.05) is 6.54 Å². The van der Waals surface area contributed by atoms with Gasteiger partial charge >= 0.3 is 11.7 Å². The summed E-state index contributed by atoms with van der Waals surface area (Å²) in [4.78, 5) is 22.9. The number of hydrogen-bond donors (Lipinski definition) is 2. The molecular weight excluding hydrogens is 248 g/mol. The molecule has 19 heavy (non-hydrogen) atoms. The van der Waals surface area contributed by atoms with Gasteiger partial charge < -0.3 is 15.3 Å². The Morgan fingerprint density at radius 2 is 2.21 bits per heavy atom. The number of carboxylic acids is 1. The van der Waals surface area contributed by atoms with Crippen molar-refractivity contribution in [3.8, 4) is 0 Å². The van der Waals surface area contributed by atoms with Crippen molar-refractivity contribution in [3.63, 3.8) is 0 Å². The SMILES string of the molecule is Cn1c(=O)oc2cc(C(C)(CCN)C(=O)O)ccc21. The van der Waals surface area contributed by atoms with E-state index in [9.17, 15) is 14.7 Å². The molecular formula is C13H16N2O4. The Morgan fingerprint density at radius 1 is 1.53 bits per heavy atom. The smallest absolute Gasteiger partial charge is 0.419 e. The fourth-order valence-electron chi connectivity index (χ4n) is 2.14. The normalized spacial score (nSPS) is 14.5. The lowest BCUT2D eigenvalue weighted by Crippen LogP contribution is -2.34. The van der Waals surface area contributed by atoms with Crippen LogP contribution in [0.5, 0.6) is 0 Å². The number of carbonyl (C=O) groups is 1. The molecule has 0 saturated heterocycles. The van der Waals surface area contributed by atoms with Crippen LogP contribution in [-0.2, 0) is 17.3 Å². The van der Waals surface area contributed by atoms with Gasteiger partial charge in [-0.05, 0) is 37.6 Å². The highest BCUT2D eigenvalue weighted by molar-refractivity contribution is 5.83. The van der Waals surface area contributed by atoms with E-state index in [4.69, 9.17) is 10.2 Å². The van der Waals surface area contributed by atoms with Crippen molar-refractivity contribution in [2.24, 2.45) is 12.8 Å². The van der Waals surface area contributed by atoms with Crippen LogP contribution in [0, 0.1) is 0 Å². The van der Waals surface area contributed by atoms with E-state index < -0.39 is 17.1 Å². The van der Waals surface area contributed by atoms with Gasteiger partial charge in [0.05, 0.1) is 10.9 Å². The van der Waals surface area contributed by atoms with Gasteiger partial charge in [0.25, 0.3) is 0 Å². The number of aromatic nitrogens is 1. The minimum atomic E-state index is -1.09. The van der Waals surface area contributed by atoms with Crippen LogP contribution in [-0.4, -0.2) is 22.2 Å². The second kappa shape index (κ2) is 4.55. The number of hydrogen-bond acceptors (Lipinski definition) is 4. The van der Waals surface area contributed by atoms with Crippen LogP contribution in [0.3, 0.4) is 0 Å². The molecule has 2 aromatic rings. The van der Waals surface area contributed by atoms with Gasteiger partial charge in [-0.15, -0.1) is 0 Å². The second-order valence-electron chi connectivity index (χ2n) is 4.79. The van der Waals surface area contributed by atoms with Crippen molar-refractivity contribution in [3.05, 3.63) is 34.3 Å². The number of benzene rings is 1. The molecule has 1 atom stereocenters. The van der Waals surface area contributed by atoms with Crippen molar-refractivity contribution in [2.45, 2.75) is 18.8 Å². The zero-order valence-corrected chi connectivity index (χ0v) is 10.8. The summed E-state index contributed by atoms with van der Waals surface area (Å²) in [5.74, 6) is -1.42. The van der Waals surface area contributed by atoms with E-state index in [1.807, 2.05) is 0 Å². The summed E-state index contributed by atoms with van der Waals surface area (Å²) in [7, 11) is 1.60. The van der Waals surface area contributed by atoms with E-state index in [-0.39, 0.29) is 6.54 Å². The Hall–Kier alpha value is -2.08. The first-order chi connectivity index (χ1) is 8.90. The molecule has 1 unspecified atom stereocenters.